The number of carbonyl (C=O) groups excluding carboxylic acids is 1. The van der Waals surface area contributed by atoms with Gasteiger partial charge in [-0.05, 0) is 18.9 Å². The fourth-order valence-corrected chi connectivity index (χ4v) is 2.30. The van der Waals surface area contributed by atoms with Gasteiger partial charge in [0.05, 0.1) is 24.1 Å². The summed E-state index contributed by atoms with van der Waals surface area (Å²) in [6.45, 7) is 1.39. The van der Waals surface area contributed by atoms with Crippen LogP contribution < -0.4 is 10.6 Å². The highest BCUT2D eigenvalue weighted by Crippen LogP contribution is 2.32. The fraction of sp³-hybridized carbons (Fsp3) is 0.538. The zero-order valence-corrected chi connectivity index (χ0v) is 11.7. The zero-order valence-electron chi connectivity index (χ0n) is 11.7. The molecule has 0 atom stereocenters. The molecule has 116 valence electrons. The van der Waals surface area contributed by atoms with Gasteiger partial charge in [-0.2, -0.15) is 13.2 Å². The smallest absolute Gasteiger partial charge is 0.396 e. The Labute approximate surface area is 120 Å². The number of pyridine rings is 1. The summed E-state index contributed by atoms with van der Waals surface area (Å²) in [7, 11) is 1.54. The second-order valence-electron chi connectivity index (χ2n) is 5.07. The van der Waals surface area contributed by atoms with Gasteiger partial charge in [-0.3, -0.25) is 4.79 Å². The summed E-state index contributed by atoms with van der Waals surface area (Å²) in [6.07, 6.45) is -1.65. The summed E-state index contributed by atoms with van der Waals surface area (Å²) in [5, 5.41) is 0. The van der Waals surface area contributed by atoms with Gasteiger partial charge in [0.1, 0.15) is 5.69 Å². The van der Waals surface area contributed by atoms with Crippen LogP contribution in [0, 0.1) is 0 Å². The molecule has 2 heterocycles. The predicted molar refractivity (Wildman–Crippen MR) is 72.7 cm³/mol. The number of nitrogen functional groups attached to an aromatic ring is 1. The normalized spacial score (nSPS) is 15.3. The monoisotopic (exact) mass is 302 g/mol. The lowest BCUT2D eigenvalue weighted by Crippen LogP contribution is -2.37. The summed E-state index contributed by atoms with van der Waals surface area (Å²) in [5.74, 6) is -0.111. The van der Waals surface area contributed by atoms with Crippen LogP contribution in [0.4, 0.5) is 24.5 Å². The molecule has 0 aromatic carbocycles. The van der Waals surface area contributed by atoms with E-state index in [0.29, 0.717) is 13.1 Å². The molecule has 1 fully saturated rings. The number of alkyl halides is 3. The van der Waals surface area contributed by atoms with Crippen molar-refractivity contribution in [3.8, 4) is 0 Å². The van der Waals surface area contributed by atoms with E-state index in [9.17, 15) is 18.0 Å². The van der Waals surface area contributed by atoms with Gasteiger partial charge in [-0.15, -0.1) is 0 Å². The van der Waals surface area contributed by atoms with Gasteiger partial charge in [0, 0.05) is 20.1 Å². The second-order valence-corrected chi connectivity index (χ2v) is 5.07. The highest BCUT2D eigenvalue weighted by atomic mass is 19.4. The van der Waals surface area contributed by atoms with Gasteiger partial charge in [0.2, 0.25) is 5.91 Å². The predicted octanol–water partition coefficient (Wildman–Crippen LogP) is 1.74. The molecule has 2 N–H and O–H groups in total. The van der Waals surface area contributed by atoms with E-state index in [0.717, 1.165) is 25.1 Å². The second kappa shape index (κ2) is 5.79. The number of hydrogen-bond donors (Lipinski definition) is 1. The van der Waals surface area contributed by atoms with Crippen molar-refractivity contribution in [1.82, 2.24) is 9.88 Å². The van der Waals surface area contributed by atoms with Crippen molar-refractivity contribution in [3.63, 3.8) is 0 Å². The van der Waals surface area contributed by atoms with E-state index >= 15 is 0 Å². The van der Waals surface area contributed by atoms with Crippen molar-refractivity contribution in [2.24, 2.45) is 0 Å². The van der Waals surface area contributed by atoms with Crippen LogP contribution in [0.15, 0.2) is 12.3 Å². The molecule has 0 saturated carbocycles. The summed E-state index contributed by atoms with van der Waals surface area (Å²) in [6, 6.07) is 0.868. The number of amides is 1. The minimum absolute atomic E-state index is 0.00842. The van der Waals surface area contributed by atoms with Crippen molar-refractivity contribution in [2.75, 3.05) is 37.3 Å². The van der Waals surface area contributed by atoms with Crippen LogP contribution in [-0.2, 0) is 11.0 Å². The van der Waals surface area contributed by atoms with Gasteiger partial charge >= 0.3 is 6.18 Å². The Kier molecular flexibility index (Phi) is 4.24. The van der Waals surface area contributed by atoms with Crippen LogP contribution in [0.3, 0.4) is 0 Å². The van der Waals surface area contributed by atoms with E-state index in [1.54, 1.807) is 11.9 Å². The Morgan fingerprint density at radius 2 is 2.05 bits per heavy atom. The number of hydrogen-bond acceptors (Lipinski definition) is 4. The van der Waals surface area contributed by atoms with Crippen LogP contribution in [0.5, 0.6) is 0 Å². The van der Waals surface area contributed by atoms with Crippen LogP contribution in [0.1, 0.15) is 18.5 Å². The Hall–Kier alpha value is -1.99. The summed E-state index contributed by atoms with van der Waals surface area (Å²) >= 11 is 0. The zero-order chi connectivity index (χ0) is 15.6. The molecule has 0 radical (unpaired) electrons. The first-order valence-corrected chi connectivity index (χ1v) is 6.60. The van der Waals surface area contributed by atoms with E-state index in [2.05, 4.69) is 4.98 Å². The quantitative estimate of drug-likeness (QED) is 0.924. The minimum atomic E-state index is -4.54. The van der Waals surface area contributed by atoms with Crippen molar-refractivity contribution in [1.29, 1.82) is 0 Å². The third kappa shape index (κ3) is 3.56. The molecule has 2 rings (SSSR count). The first-order chi connectivity index (χ1) is 9.79. The average Bonchev–Trinajstić information content (AvgIpc) is 2.91. The van der Waals surface area contributed by atoms with Crippen LogP contribution in [0.25, 0.3) is 0 Å². The molecule has 21 heavy (non-hydrogen) atoms. The van der Waals surface area contributed by atoms with E-state index in [-0.39, 0.29) is 23.8 Å². The lowest BCUT2D eigenvalue weighted by atomic mass is 10.2. The van der Waals surface area contributed by atoms with E-state index in [1.165, 1.54) is 4.90 Å². The molecule has 5 nitrogen and oxygen atoms in total. The maximum atomic E-state index is 12.7. The number of likely N-dealkylation sites (N-methyl/N-ethyl adjacent to an activating group) is 1. The SMILES string of the molecule is CN(CC(=O)N1CCCC1)c1cc(C(F)(F)F)ncc1N. The summed E-state index contributed by atoms with van der Waals surface area (Å²) < 4.78 is 38.0. The Bertz CT molecular complexity index is 527. The molecule has 0 spiro atoms. The molecular formula is C13H17F3N4O. The number of nitrogens with zero attached hydrogens (tertiary/aromatic N) is 3. The van der Waals surface area contributed by atoms with Crippen molar-refractivity contribution in [3.05, 3.63) is 18.0 Å². The molecule has 1 saturated heterocycles. The molecule has 0 unspecified atom stereocenters. The molecular weight excluding hydrogens is 285 g/mol. The maximum absolute atomic E-state index is 12.7. The standard InChI is InChI=1S/C13H17F3N4O/c1-19(8-12(21)20-4-2-3-5-20)10-6-11(13(14,15)16)18-7-9(10)17/h6-7H,2-5,8,17H2,1H3. The lowest BCUT2D eigenvalue weighted by Gasteiger charge is -2.24. The van der Waals surface area contributed by atoms with E-state index < -0.39 is 11.9 Å². The molecule has 1 aromatic rings. The van der Waals surface area contributed by atoms with Crippen LogP contribution in [0.2, 0.25) is 0 Å². The fourth-order valence-electron chi connectivity index (χ4n) is 2.30. The van der Waals surface area contributed by atoms with Crippen molar-refractivity contribution in [2.45, 2.75) is 19.0 Å². The largest absolute Gasteiger partial charge is 0.433 e. The van der Waals surface area contributed by atoms with Gasteiger partial charge in [0.25, 0.3) is 0 Å². The highest BCUT2D eigenvalue weighted by molar-refractivity contribution is 5.83. The van der Waals surface area contributed by atoms with Crippen LogP contribution in [-0.4, -0.2) is 42.5 Å². The summed E-state index contributed by atoms with van der Waals surface area (Å²) in [4.78, 5) is 18.4. The molecule has 1 aliphatic heterocycles. The van der Waals surface area contributed by atoms with Crippen molar-refractivity contribution >= 4 is 17.3 Å². The summed E-state index contributed by atoms with van der Waals surface area (Å²) in [5.41, 5.74) is 4.91. The Morgan fingerprint density at radius 1 is 1.43 bits per heavy atom. The van der Waals surface area contributed by atoms with Gasteiger partial charge < -0.3 is 15.5 Å². The molecule has 1 aliphatic rings. The minimum Gasteiger partial charge on any atom is -0.396 e. The Balaban J connectivity index is 2.14. The average molecular weight is 302 g/mol. The van der Waals surface area contributed by atoms with Gasteiger partial charge in [0.15, 0.2) is 0 Å². The molecule has 1 aromatic heterocycles. The lowest BCUT2D eigenvalue weighted by molar-refractivity contribution is -0.141. The van der Waals surface area contributed by atoms with Crippen molar-refractivity contribution < 1.29 is 18.0 Å². The van der Waals surface area contributed by atoms with E-state index in [4.69, 9.17) is 5.73 Å². The number of nitrogens with two attached hydrogens (primary N) is 1. The van der Waals surface area contributed by atoms with Gasteiger partial charge in [-0.1, -0.05) is 0 Å². The van der Waals surface area contributed by atoms with Crippen LogP contribution >= 0.6 is 0 Å². The number of anilines is 2. The third-order valence-corrected chi connectivity index (χ3v) is 3.44. The highest BCUT2D eigenvalue weighted by Gasteiger charge is 2.33. The molecule has 1 amide bonds. The number of halogens is 3. The topological polar surface area (TPSA) is 62.5 Å². The van der Waals surface area contributed by atoms with E-state index in [1.807, 2.05) is 0 Å². The molecule has 8 heteroatoms. The number of likely N-dealkylation sites (tertiary alicyclic amines) is 1. The Morgan fingerprint density at radius 3 is 2.62 bits per heavy atom. The molecule has 0 aliphatic carbocycles. The molecule has 0 bridgehead atoms. The maximum Gasteiger partial charge on any atom is 0.433 e. The number of rotatable bonds is 3. The first-order valence-electron chi connectivity index (χ1n) is 6.60. The van der Waals surface area contributed by atoms with Gasteiger partial charge in [-0.25, -0.2) is 4.98 Å². The number of aromatic nitrogens is 1. The number of carbonyl (C=O) groups is 1. The third-order valence-electron chi connectivity index (χ3n) is 3.44. The first kappa shape index (κ1) is 15.4.